The van der Waals surface area contributed by atoms with Gasteiger partial charge >= 0.3 is 23.1 Å². The smallest absolute Gasteiger partial charge is 0.335 e. The first kappa shape index (κ1) is 96.4. The molecule has 6 aromatic rings. The molecule has 4 heterocycles. The van der Waals surface area contributed by atoms with Crippen LogP contribution in [0.25, 0.3) is 0 Å². The Kier molecular flexibility index (Phi) is 51.2. The van der Waals surface area contributed by atoms with E-state index in [2.05, 4.69) is 57.3 Å². The standard InChI is InChI=1S/2C13H18O.2C12H17NO.2C12H16O.2C7H15NO.CH3PS.2O2S/c2*1-13(14,12-9-5-6-10-12)11-7-3-2-4-8-11;2*14-12(11-7-4-8-13-11)9-10-5-2-1-3-6-10;2*13-12(11-8-4-5-9-11)10-6-2-1-3-7-10;2*1-2-7(9)6-4-3-5-8-6;1-2-3;2*1-3-2/h2*2-4,7-8,12,14H,5-6,9-10H2,1H3;2*1-3,5-6,11-14H,4,7-9H2;2*1-3,6-7,11-13H,4-5,8-9H2;2*6-9H,2-5H2,1H3;1H3;;/t2*13-;2*11-,12+;2*12-;2*6-,7+;;;/m10101010.../s1. The lowest BCUT2D eigenvalue weighted by Crippen LogP contribution is -2.36. The number of aliphatic hydroxyl groups excluding tert-OH is 6. The number of aliphatic hydroxyl groups is 8. The van der Waals surface area contributed by atoms with Crippen LogP contribution in [0.15, 0.2) is 182 Å². The van der Waals surface area contributed by atoms with Crippen molar-refractivity contribution < 1.29 is 57.7 Å². The highest BCUT2D eigenvalue weighted by Crippen LogP contribution is 2.42. The van der Waals surface area contributed by atoms with Gasteiger partial charge in [-0.05, 0) is 240 Å². The minimum Gasteiger partial charge on any atom is -0.392 e. The summed E-state index contributed by atoms with van der Waals surface area (Å²) in [5.41, 5.74) is 5.46. The van der Waals surface area contributed by atoms with Crippen molar-refractivity contribution in [1.82, 2.24) is 21.3 Å². The van der Waals surface area contributed by atoms with Gasteiger partial charge in [-0.25, -0.2) is 0 Å². The van der Waals surface area contributed by atoms with Crippen LogP contribution < -0.4 is 21.3 Å². The largest absolute Gasteiger partial charge is 0.392 e. The summed E-state index contributed by atoms with van der Waals surface area (Å²) in [4.78, 5) is 0. The predicted molar refractivity (Wildman–Crippen MR) is 450 cm³/mol. The maximum atomic E-state index is 10.5. The Morgan fingerprint density at radius 2 is 0.587 bits per heavy atom. The van der Waals surface area contributed by atoms with Crippen LogP contribution in [-0.4, -0.2) is 139 Å². The second kappa shape index (κ2) is 57.9. The molecule has 0 unspecified atom stereocenters. The molecule has 0 radical (unpaired) electrons. The predicted octanol–water partition coefficient (Wildman–Crippen LogP) is 15.4. The van der Waals surface area contributed by atoms with Gasteiger partial charge in [0.25, 0.3) is 0 Å². The van der Waals surface area contributed by atoms with Crippen LogP contribution in [0, 0.1) is 23.7 Å². The summed E-state index contributed by atoms with van der Waals surface area (Å²) in [6.07, 6.45) is 31.1. The molecule has 0 aromatic heterocycles. The maximum absolute atomic E-state index is 10.5. The molecule has 0 spiro atoms. The molecule has 12 atom stereocenters. The van der Waals surface area contributed by atoms with Crippen molar-refractivity contribution in [3.05, 3.63) is 215 Å². The molecule has 0 amide bonds. The van der Waals surface area contributed by atoms with Gasteiger partial charge in [-0.15, -0.1) is 0 Å². The lowest BCUT2D eigenvalue weighted by atomic mass is 9.82. The van der Waals surface area contributed by atoms with Gasteiger partial charge in [0.2, 0.25) is 0 Å². The van der Waals surface area contributed by atoms with E-state index in [-0.39, 0.29) is 36.6 Å². The average Bonchev–Trinajstić information content (AvgIpc) is 1.79. The molecule has 4 aliphatic carbocycles. The van der Waals surface area contributed by atoms with E-state index in [4.69, 9.17) is 16.8 Å². The molecule has 12 N–H and O–H groups in total. The van der Waals surface area contributed by atoms with Crippen molar-refractivity contribution in [3.8, 4) is 0 Å². The Morgan fingerprint density at radius 3 is 0.817 bits per heavy atom. The van der Waals surface area contributed by atoms with E-state index in [9.17, 15) is 40.9 Å². The fourth-order valence-electron chi connectivity index (χ4n) is 16.1. The quantitative estimate of drug-likeness (QED) is 0.0356. The third-order valence-corrected chi connectivity index (χ3v) is 22.7. The average molecular weight is 1580 g/mol. The lowest BCUT2D eigenvalue weighted by Gasteiger charge is -2.30. The van der Waals surface area contributed by atoms with Crippen LogP contribution in [0.2, 0.25) is 0 Å². The van der Waals surface area contributed by atoms with Gasteiger partial charge in [0, 0.05) is 24.2 Å². The second-order valence-corrected chi connectivity index (χ2v) is 32.1. The van der Waals surface area contributed by atoms with Crippen molar-refractivity contribution in [3.63, 3.8) is 0 Å². The van der Waals surface area contributed by atoms with Crippen LogP contribution in [0.4, 0.5) is 0 Å². The Hall–Kier alpha value is -5.00. The third kappa shape index (κ3) is 37.7. The molecule has 6 aromatic carbocycles. The van der Waals surface area contributed by atoms with E-state index in [0.29, 0.717) is 47.8 Å². The minimum atomic E-state index is -0.750. The summed E-state index contributed by atoms with van der Waals surface area (Å²) in [7, 11) is 1.00. The van der Waals surface area contributed by atoms with Crippen molar-refractivity contribution in [2.75, 3.05) is 32.8 Å². The van der Waals surface area contributed by atoms with E-state index < -0.39 is 34.3 Å². The lowest BCUT2D eigenvalue weighted by molar-refractivity contribution is -0.00363. The fraction of sp³-hybridized carbons (Fsp3) is 0.596. The summed E-state index contributed by atoms with van der Waals surface area (Å²) in [5.74, 6) is 1.90. The molecule has 4 aliphatic heterocycles. The number of benzene rings is 6. The third-order valence-electron chi connectivity index (χ3n) is 22.7. The first-order valence-corrected chi connectivity index (χ1v) is 44.3. The molecule has 14 rings (SSSR count). The first-order valence-electron chi connectivity index (χ1n) is 40.6. The SMILES string of the molecule is CC[C@@H](O)[C@@H]1CCCN1.CC[C@H](O)[C@H]1CCCN1.CP=S.C[C@@](O)(c1ccccc1)C1CCCC1.C[C@](O)(c1ccccc1)C1CCCC1.O=S=O.O=S=O.O[C@@H](Cc1ccccc1)[C@H]1CCCN1.O[C@@H](c1ccccc1)C1CCCC1.O[C@H](Cc1ccccc1)[C@@H]1CCCN1.O[C@H](c1ccccc1)C1CCCC1. The van der Waals surface area contributed by atoms with Crippen molar-refractivity contribution in [2.24, 2.45) is 23.7 Å². The van der Waals surface area contributed by atoms with Crippen LogP contribution in [-0.2, 0) is 59.0 Å². The van der Waals surface area contributed by atoms with E-state index in [1.165, 1.54) is 140 Å². The number of rotatable bonds is 18. The second-order valence-electron chi connectivity index (χ2n) is 30.4. The summed E-state index contributed by atoms with van der Waals surface area (Å²) >= 11 is 2.87. The molecular weight excluding hydrogens is 1440 g/mol. The molecular formula is C89H135N4O12PS3. The normalized spacial score (nSPS) is 22.1. The van der Waals surface area contributed by atoms with E-state index in [1.807, 2.05) is 192 Å². The molecule has 20 heteroatoms. The zero-order chi connectivity index (χ0) is 79.3. The summed E-state index contributed by atoms with van der Waals surface area (Å²) in [6, 6.07) is 61.8. The molecule has 8 aliphatic rings. The van der Waals surface area contributed by atoms with Gasteiger partial charge in [0.15, 0.2) is 0 Å². The van der Waals surface area contributed by atoms with Crippen molar-refractivity contribution in [2.45, 2.75) is 279 Å². The topological polar surface area (TPSA) is 278 Å². The molecule has 109 heavy (non-hydrogen) atoms. The summed E-state index contributed by atoms with van der Waals surface area (Å²) in [6.45, 7) is 14.1. The highest BCUT2D eigenvalue weighted by atomic mass is 32.4. The Balaban J connectivity index is 0.000000260. The fourth-order valence-corrected chi connectivity index (χ4v) is 16.1. The summed E-state index contributed by atoms with van der Waals surface area (Å²) in [5, 5.41) is 92.6. The van der Waals surface area contributed by atoms with Crippen LogP contribution in [0.5, 0.6) is 0 Å². The maximum Gasteiger partial charge on any atom is 0.335 e. The minimum absolute atomic E-state index is 0.118. The zero-order valence-corrected chi connectivity index (χ0v) is 69.3. The van der Waals surface area contributed by atoms with Crippen LogP contribution in [0.1, 0.15) is 240 Å². The zero-order valence-electron chi connectivity index (χ0n) is 65.9. The number of hydrogen-bond acceptors (Lipinski definition) is 17. The van der Waals surface area contributed by atoms with E-state index in [1.54, 1.807) is 0 Å². The number of nitrogens with one attached hydrogen (secondary N) is 4. The highest BCUT2D eigenvalue weighted by molar-refractivity contribution is 7.96. The monoisotopic (exact) mass is 1580 g/mol. The van der Waals surface area contributed by atoms with Crippen LogP contribution in [0.3, 0.4) is 0 Å². The van der Waals surface area contributed by atoms with Gasteiger partial charge < -0.3 is 62.1 Å². The Morgan fingerprint density at radius 1 is 0.367 bits per heavy atom. The van der Waals surface area contributed by atoms with Gasteiger partial charge in [-0.2, -0.15) is 16.8 Å². The summed E-state index contributed by atoms with van der Waals surface area (Å²) < 4.78 is 33.2. The number of hydrogen-bond donors (Lipinski definition) is 12. The van der Waals surface area contributed by atoms with Crippen molar-refractivity contribution in [1.29, 1.82) is 0 Å². The highest BCUT2D eigenvalue weighted by Gasteiger charge is 2.37. The van der Waals surface area contributed by atoms with E-state index in [0.717, 1.165) is 107 Å². The molecule has 16 nitrogen and oxygen atoms in total. The first-order chi connectivity index (χ1) is 52.8. The molecule has 0 bridgehead atoms. The van der Waals surface area contributed by atoms with Gasteiger partial charge in [0.1, 0.15) is 0 Å². The Bertz CT molecular complexity index is 3020. The van der Waals surface area contributed by atoms with Gasteiger partial charge in [-0.1, -0.05) is 259 Å². The molecule has 8 fully saturated rings. The van der Waals surface area contributed by atoms with Gasteiger partial charge in [-0.3, -0.25) is 0 Å². The van der Waals surface area contributed by atoms with Crippen molar-refractivity contribution >= 4 is 42.3 Å². The molecule has 606 valence electrons. The molecule has 4 saturated heterocycles. The van der Waals surface area contributed by atoms with E-state index >= 15 is 0 Å². The Labute approximate surface area is 668 Å². The van der Waals surface area contributed by atoms with Crippen LogP contribution >= 0.6 is 7.36 Å². The molecule has 4 saturated carbocycles. The van der Waals surface area contributed by atoms with Gasteiger partial charge in [0.05, 0.1) is 47.8 Å².